The summed E-state index contributed by atoms with van der Waals surface area (Å²) in [5.74, 6) is 0.683. The van der Waals surface area contributed by atoms with E-state index < -0.39 is 0 Å². The highest BCUT2D eigenvalue weighted by Gasteiger charge is 2.20. The molecule has 4 rings (SSSR count). The van der Waals surface area contributed by atoms with Crippen LogP contribution in [-0.2, 0) is 20.7 Å². The molecule has 1 N–H and O–H groups in total. The number of carbonyl (C=O) groups is 2. The van der Waals surface area contributed by atoms with Crippen molar-refractivity contribution in [2.24, 2.45) is 0 Å². The largest absolute Gasteiger partial charge is 0.441 e. The first-order chi connectivity index (χ1) is 16.5. The predicted octanol–water partition coefficient (Wildman–Crippen LogP) is 3.52. The van der Waals surface area contributed by atoms with Crippen LogP contribution >= 0.6 is 0 Å². The van der Waals surface area contributed by atoms with Crippen LogP contribution in [-0.4, -0.2) is 61.1 Å². The summed E-state index contributed by atoms with van der Waals surface area (Å²) in [6.07, 6.45) is 0.0809. The van der Waals surface area contributed by atoms with E-state index in [1.165, 1.54) is 4.90 Å². The number of nitrogens with one attached hydrogen (secondary N) is 1. The summed E-state index contributed by atoms with van der Waals surface area (Å²) < 4.78 is 11.1. The fraction of sp³-hybridized carbons (Fsp3) is 0.346. The smallest absolute Gasteiger partial charge is 0.243 e. The Hall–Kier alpha value is -3.65. The molecule has 0 saturated carbocycles. The number of anilines is 2. The van der Waals surface area contributed by atoms with Crippen molar-refractivity contribution in [2.45, 2.75) is 20.3 Å². The number of aromatic nitrogens is 1. The summed E-state index contributed by atoms with van der Waals surface area (Å²) >= 11 is 0. The molecule has 2 aromatic carbocycles. The Bertz CT molecular complexity index is 1110. The Kier molecular flexibility index (Phi) is 7.59. The SMILES string of the molecule is CCN(CC(=O)Nc1ccc(N2CCOCC2)cc1)C(=O)Cc1nc(-c2ccccc2)oc1C. The van der Waals surface area contributed by atoms with E-state index in [9.17, 15) is 9.59 Å². The second-order valence-corrected chi connectivity index (χ2v) is 8.17. The third-order valence-electron chi connectivity index (χ3n) is 5.83. The fourth-order valence-electron chi connectivity index (χ4n) is 3.88. The molecular weight excluding hydrogens is 432 g/mol. The number of ether oxygens (including phenoxy) is 1. The molecular formula is C26H30N4O4. The lowest BCUT2D eigenvalue weighted by Crippen LogP contribution is -2.38. The average molecular weight is 463 g/mol. The molecule has 1 fully saturated rings. The van der Waals surface area contributed by atoms with Gasteiger partial charge in [0.25, 0.3) is 0 Å². The Morgan fingerprint density at radius 2 is 1.76 bits per heavy atom. The molecule has 0 aliphatic carbocycles. The minimum absolute atomic E-state index is 0.0248. The first-order valence-electron chi connectivity index (χ1n) is 11.6. The van der Waals surface area contributed by atoms with E-state index in [1.54, 1.807) is 6.92 Å². The van der Waals surface area contributed by atoms with Gasteiger partial charge in [-0.2, -0.15) is 0 Å². The first-order valence-corrected chi connectivity index (χ1v) is 11.6. The molecule has 1 saturated heterocycles. The fourth-order valence-corrected chi connectivity index (χ4v) is 3.88. The van der Waals surface area contributed by atoms with Crippen LogP contribution in [0.3, 0.4) is 0 Å². The lowest BCUT2D eigenvalue weighted by Gasteiger charge is -2.29. The highest BCUT2D eigenvalue weighted by Crippen LogP contribution is 2.22. The van der Waals surface area contributed by atoms with Gasteiger partial charge in [0.2, 0.25) is 17.7 Å². The normalized spacial score (nSPS) is 13.5. The Labute approximate surface area is 199 Å². The van der Waals surface area contributed by atoms with Gasteiger partial charge in [0.05, 0.1) is 31.9 Å². The van der Waals surface area contributed by atoms with Crippen molar-refractivity contribution in [3.8, 4) is 11.5 Å². The van der Waals surface area contributed by atoms with Crippen LogP contribution in [0, 0.1) is 6.92 Å². The van der Waals surface area contributed by atoms with Gasteiger partial charge < -0.3 is 24.3 Å². The lowest BCUT2D eigenvalue weighted by molar-refractivity contribution is -0.133. The quantitative estimate of drug-likeness (QED) is 0.551. The van der Waals surface area contributed by atoms with Crippen LogP contribution in [0.15, 0.2) is 59.0 Å². The maximum Gasteiger partial charge on any atom is 0.243 e. The molecule has 8 nitrogen and oxygen atoms in total. The minimum Gasteiger partial charge on any atom is -0.441 e. The number of amides is 2. The number of hydrogen-bond acceptors (Lipinski definition) is 6. The summed E-state index contributed by atoms with van der Waals surface area (Å²) in [5.41, 5.74) is 3.24. The summed E-state index contributed by atoms with van der Waals surface area (Å²) in [6, 6.07) is 17.3. The zero-order chi connectivity index (χ0) is 23.9. The first kappa shape index (κ1) is 23.5. The van der Waals surface area contributed by atoms with Crippen molar-refractivity contribution in [1.82, 2.24) is 9.88 Å². The highest BCUT2D eigenvalue weighted by molar-refractivity contribution is 5.95. The van der Waals surface area contributed by atoms with Crippen LogP contribution in [0.1, 0.15) is 18.4 Å². The number of rotatable bonds is 8. The number of likely N-dealkylation sites (N-methyl/N-ethyl adjacent to an activating group) is 1. The standard InChI is InChI=1S/C26H30N4O4/c1-3-29(25(32)17-23-19(2)34-26(28-23)20-7-5-4-6-8-20)18-24(31)27-21-9-11-22(12-10-21)30-13-15-33-16-14-30/h4-12H,3,13-18H2,1-2H3,(H,27,31). The minimum atomic E-state index is -0.240. The van der Waals surface area contributed by atoms with Gasteiger partial charge in [0.1, 0.15) is 5.76 Å². The second kappa shape index (κ2) is 11.0. The third-order valence-corrected chi connectivity index (χ3v) is 5.83. The molecule has 2 amide bonds. The molecule has 0 atom stereocenters. The molecule has 34 heavy (non-hydrogen) atoms. The van der Waals surface area contributed by atoms with E-state index >= 15 is 0 Å². The van der Waals surface area contributed by atoms with Crippen LogP contribution in [0.2, 0.25) is 0 Å². The predicted molar refractivity (Wildman–Crippen MR) is 131 cm³/mol. The maximum atomic E-state index is 12.9. The summed E-state index contributed by atoms with van der Waals surface area (Å²) in [5, 5.41) is 2.88. The Balaban J connectivity index is 1.33. The molecule has 1 aromatic heterocycles. The second-order valence-electron chi connectivity index (χ2n) is 8.17. The molecule has 0 bridgehead atoms. The zero-order valence-corrected chi connectivity index (χ0v) is 19.6. The monoisotopic (exact) mass is 462 g/mol. The molecule has 3 aromatic rings. The van der Waals surface area contributed by atoms with Crippen molar-refractivity contribution < 1.29 is 18.7 Å². The zero-order valence-electron chi connectivity index (χ0n) is 19.6. The molecule has 178 valence electrons. The van der Waals surface area contributed by atoms with E-state index in [4.69, 9.17) is 9.15 Å². The van der Waals surface area contributed by atoms with Gasteiger partial charge in [0.15, 0.2) is 0 Å². The number of benzene rings is 2. The van der Waals surface area contributed by atoms with Gasteiger partial charge in [-0.1, -0.05) is 18.2 Å². The van der Waals surface area contributed by atoms with Crippen LogP contribution in [0.5, 0.6) is 0 Å². The Morgan fingerprint density at radius 1 is 1.06 bits per heavy atom. The van der Waals surface area contributed by atoms with Crippen LogP contribution < -0.4 is 10.2 Å². The van der Waals surface area contributed by atoms with Crippen molar-refractivity contribution in [3.05, 3.63) is 66.1 Å². The van der Waals surface area contributed by atoms with Crippen LogP contribution in [0.4, 0.5) is 11.4 Å². The molecule has 1 aliphatic heterocycles. The topological polar surface area (TPSA) is 87.9 Å². The molecule has 2 heterocycles. The molecule has 0 unspecified atom stereocenters. The van der Waals surface area contributed by atoms with Crippen LogP contribution in [0.25, 0.3) is 11.5 Å². The Morgan fingerprint density at radius 3 is 2.44 bits per heavy atom. The van der Waals surface area contributed by atoms with E-state index in [1.807, 2.05) is 61.5 Å². The van der Waals surface area contributed by atoms with Gasteiger partial charge in [-0.15, -0.1) is 0 Å². The lowest BCUT2D eigenvalue weighted by atomic mass is 10.2. The van der Waals surface area contributed by atoms with Gasteiger partial charge in [-0.05, 0) is 50.2 Å². The van der Waals surface area contributed by atoms with Gasteiger partial charge in [-0.25, -0.2) is 4.98 Å². The maximum absolute atomic E-state index is 12.9. The number of hydrogen-bond donors (Lipinski definition) is 1. The molecule has 0 radical (unpaired) electrons. The van der Waals surface area contributed by atoms with Gasteiger partial charge >= 0.3 is 0 Å². The average Bonchev–Trinajstić information content (AvgIpc) is 3.24. The third kappa shape index (κ3) is 5.82. The number of morpholine rings is 1. The van der Waals surface area contributed by atoms with Crippen molar-refractivity contribution in [2.75, 3.05) is 49.6 Å². The van der Waals surface area contributed by atoms with Gasteiger partial charge in [0, 0.05) is 36.6 Å². The number of aryl methyl sites for hydroxylation is 1. The van der Waals surface area contributed by atoms with E-state index in [-0.39, 0.29) is 24.8 Å². The highest BCUT2D eigenvalue weighted by atomic mass is 16.5. The van der Waals surface area contributed by atoms with Crippen molar-refractivity contribution in [3.63, 3.8) is 0 Å². The van der Waals surface area contributed by atoms with E-state index in [0.717, 1.165) is 37.6 Å². The molecule has 8 heteroatoms. The van der Waals surface area contributed by atoms with Gasteiger partial charge in [-0.3, -0.25) is 9.59 Å². The van der Waals surface area contributed by atoms with E-state index in [0.29, 0.717) is 29.6 Å². The summed E-state index contributed by atoms with van der Waals surface area (Å²) in [7, 11) is 0. The van der Waals surface area contributed by atoms with E-state index in [2.05, 4.69) is 15.2 Å². The number of carbonyl (C=O) groups excluding carboxylic acids is 2. The number of oxazole rings is 1. The summed E-state index contributed by atoms with van der Waals surface area (Å²) in [6.45, 7) is 7.21. The molecule has 0 spiro atoms. The van der Waals surface area contributed by atoms with Crippen molar-refractivity contribution >= 4 is 23.2 Å². The summed E-state index contributed by atoms with van der Waals surface area (Å²) in [4.78, 5) is 33.8. The number of nitrogens with zero attached hydrogens (tertiary/aromatic N) is 3. The molecule has 1 aliphatic rings. The van der Waals surface area contributed by atoms with Crippen molar-refractivity contribution in [1.29, 1.82) is 0 Å².